The topological polar surface area (TPSA) is 80.6 Å². The van der Waals surface area contributed by atoms with Crippen molar-refractivity contribution in [3.63, 3.8) is 0 Å². The fourth-order valence-corrected chi connectivity index (χ4v) is 5.54. The summed E-state index contributed by atoms with van der Waals surface area (Å²) in [5, 5.41) is 13.6. The quantitative estimate of drug-likeness (QED) is 0.723. The minimum Gasteiger partial charge on any atom is -0.487 e. The zero-order valence-corrected chi connectivity index (χ0v) is 17.4. The van der Waals surface area contributed by atoms with E-state index in [1.807, 2.05) is 37.3 Å². The highest BCUT2D eigenvalue weighted by Gasteiger charge is 2.37. The minimum absolute atomic E-state index is 0.246. The SMILES string of the molecule is [B]C1(C)C=Cc2cccc(OCc3cc(=O)n4c(c3C3CC3)SCC4C(=O)O)c2N1. The van der Waals surface area contributed by atoms with Gasteiger partial charge in [-0.15, -0.1) is 11.8 Å². The van der Waals surface area contributed by atoms with E-state index in [2.05, 4.69) is 5.32 Å². The number of ether oxygens (including phenoxy) is 1. The highest BCUT2D eigenvalue weighted by Crippen LogP contribution is 2.48. The molecule has 2 aromatic rings. The molecule has 8 heteroatoms. The van der Waals surface area contributed by atoms with E-state index in [1.165, 1.54) is 16.3 Å². The highest BCUT2D eigenvalue weighted by molar-refractivity contribution is 7.99. The van der Waals surface area contributed by atoms with Crippen LogP contribution in [0, 0.1) is 0 Å². The van der Waals surface area contributed by atoms with Crippen LogP contribution in [-0.4, -0.2) is 34.7 Å². The molecule has 3 heterocycles. The lowest BCUT2D eigenvalue weighted by atomic mass is 9.77. The number of pyridine rings is 1. The Kier molecular flexibility index (Phi) is 4.50. The molecule has 2 N–H and O–H groups in total. The van der Waals surface area contributed by atoms with Crippen LogP contribution in [0.3, 0.4) is 0 Å². The average molecular weight is 420 g/mol. The third-order valence-electron chi connectivity index (χ3n) is 5.74. The number of carbonyl (C=O) groups is 1. The van der Waals surface area contributed by atoms with Gasteiger partial charge >= 0.3 is 5.97 Å². The molecule has 0 amide bonds. The molecule has 1 saturated carbocycles. The van der Waals surface area contributed by atoms with Crippen LogP contribution >= 0.6 is 11.8 Å². The standard InChI is InChI=1S/C22H21BN2O4S/c1-22(23)8-7-13-3-2-4-16(19(13)24-22)29-10-14-9-17(26)25-15(21(27)28)11-30-20(25)18(14)12-5-6-12/h2-4,7-9,12,15,24H,5-6,10-11H2,1H3,(H,27,28). The number of rotatable bonds is 5. The average Bonchev–Trinajstić information content (AvgIpc) is 3.42. The van der Waals surface area contributed by atoms with Crippen LogP contribution in [0.5, 0.6) is 5.75 Å². The van der Waals surface area contributed by atoms with Gasteiger partial charge in [-0.25, -0.2) is 4.79 Å². The van der Waals surface area contributed by atoms with Crippen LogP contribution in [0.4, 0.5) is 5.69 Å². The van der Waals surface area contributed by atoms with E-state index < -0.39 is 17.4 Å². The van der Waals surface area contributed by atoms with Crippen molar-refractivity contribution in [2.75, 3.05) is 11.1 Å². The molecule has 2 atom stereocenters. The van der Waals surface area contributed by atoms with Crippen LogP contribution in [0.2, 0.25) is 0 Å². The molecule has 0 bridgehead atoms. The van der Waals surface area contributed by atoms with Gasteiger partial charge in [0.2, 0.25) is 0 Å². The largest absolute Gasteiger partial charge is 0.487 e. The van der Waals surface area contributed by atoms with Gasteiger partial charge in [-0.3, -0.25) is 9.36 Å². The monoisotopic (exact) mass is 420 g/mol. The van der Waals surface area contributed by atoms with Crippen LogP contribution in [0.15, 0.2) is 40.2 Å². The van der Waals surface area contributed by atoms with Crippen LogP contribution < -0.4 is 15.6 Å². The number of fused-ring (bicyclic) bond motifs is 2. The van der Waals surface area contributed by atoms with E-state index in [0.29, 0.717) is 17.4 Å². The molecule has 1 aliphatic carbocycles. The number of aliphatic carboxylic acids is 1. The number of anilines is 1. The Hall–Kier alpha value is -2.61. The molecule has 152 valence electrons. The maximum atomic E-state index is 12.8. The second-order valence-corrected chi connectivity index (χ2v) is 9.29. The number of thioether (sulfide) groups is 1. The number of hydrogen-bond acceptors (Lipinski definition) is 5. The van der Waals surface area contributed by atoms with Crippen molar-refractivity contribution >= 4 is 37.3 Å². The molecule has 6 nitrogen and oxygen atoms in total. The smallest absolute Gasteiger partial charge is 0.327 e. The molecule has 1 aromatic heterocycles. The molecule has 2 radical (unpaired) electrons. The van der Waals surface area contributed by atoms with Crippen molar-refractivity contribution in [3.05, 3.63) is 57.4 Å². The summed E-state index contributed by atoms with van der Waals surface area (Å²) in [7, 11) is 6.21. The molecular formula is C22H21BN2O4S. The zero-order chi connectivity index (χ0) is 21.0. The predicted octanol–water partition coefficient (Wildman–Crippen LogP) is 3.36. The number of carboxylic acids is 1. The molecule has 1 fully saturated rings. The Morgan fingerprint density at radius 1 is 1.43 bits per heavy atom. The number of para-hydroxylation sites is 1. The molecule has 30 heavy (non-hydrogen) atoms. The summed E-state index contributed by atoms with van der Waals surface area (Å²) < 4.78 is 7.61. The lowest BCUT2D eigenvalue weighted by Crippen LogP contribution is -2.34. The molecule has 1 aromatic carbocycles. The summed E-state index contributed by atoms with van der Waals surface area (Å²) in [6.45, 7) is 2.13. The molecule has 2 aliphatic heterocycles. The lowest BCUT2D eigenvalue weighted by Gasteiger charge is -2.31. The summed E-state index contributed by atoms with van der Waals surface area (Å²) in [6, 6.07) is 6.54. The van der Waals surface area contributed by atoms with Crippen LogP contribution in [0.25, 0.3) is 6.08 Å². The lowest BCUT2D eigenvalue weighted by molar-refractivity contribution is -0.140. The molecule has 0 saturated heterocycles. The van der Waals surface area contributed by atoms with Gasteiger partial charge in [-0.05, 0) is 37.3 Å². The number of benzene rings is 1. The van der Waals surface area contributed by atoms with E-state index >= 15 is 0 Å². The van der Waals surface area contributed by atoms with Gasteiger partial charge in [-0.1, -0.05) is 24.3 Å². The van der Waals surface area contributed by atoms with Gasteiger partial charge in [0.15, 0.2) is 0 Å². The summed E-state index contributed by atoms with van der Waals surface area (Å²) >= 11 is 1.46. The predicted molar refractivity (Wildman–Crippen MR) is 118 cm³/mol. The maximum Gasteiger partial charge on any atom is 0.327 e. The summed E-state index contributed by atoms with van der Waals surface area (Å²) in [5.74, 6) is 0.455. The van der Waals surface area contributed by atoms with E-state index in [0.717, 1.165) is 40.2 Å². The van der Waals surface area contributed by atoms with E-state index in [4.69, 9.17) is 12.6 Å². The fourth-order valence-electron chi connectivity index (χ4n) is 4.12. The van der Waals surface area contributed by atoms with Gasteiger partial charge in [0, 0.05) is 28.4 Å². The van der Waals surface area contributed by atoms with Crippen molar-refractivity contribution in [1.82, 2.24) is 4.57 Å². The first-order valence-electron chi connectivity index (χ1n) is 10.00. The number of aromatic nitrogens is 1. The first-order valence-corrected chi connectivity index (χ1v) is 11.0. The Labute approximate surface area is 179 Å². The number of nitrogens with one attached hydrogen (secondary N) is 1. The number of carboxylic acid groups (broad SMARTS) is 1. The van der Waals surface area contributed by atoms with Crippen molar-refractivity contribution in [3.8, 4) is 5.75 Å². The minimum atomic E-state index is -0.964. The summed E-state index contributed by atoms with van der Waals surface area (Å²) in [5.41, 5.74) is 2.79. The second kappa shape index (κ2) is 6.98. The third kappa shape index (κ3) is 3.33. The van der Waals surface area contributed by atoms with Crippen molar-refractivity contribution < 1.29 is 14.6 Å². The molecule has 0 spiro atoms. The fraction of sp³-hybridized carbons (Fsp3) is 0.364. The Morgan fingerprint density at radius 3 is 2.97 bits per heavy atom. The first-order chi connectivity index (χ1) is 14.3. The number of hydrogen-bond donors (Lipinski definition) is 2. The first kappa shape index (κ1) is 19.4. The molecular weight excluding hydrogens is 399 g/mol. The normalized spacial score (nSPS) is 24.1. The van der Waals surface area contributed by atoms with E-state index in [9.17, 15) is 14.7 Å². The van der Waals surface area contributed by atoms with Crippen LogP contribution in [-0.2, 0) is 11.4 Å². The van der Waals surface area contributed by atoms with Gasteiger partial charge < -0.3 is 15.2 Å². The molecule has 2 unspecified atom stereocenters. The van der Waals surface area contributed by atoms with Crippen molar-refractivity contribution in [2.24, 2.45) is 0 Å². The van der Waals surface area contributed by atoms with E-state index in [-0.39, 0.29) is 12.2 Å². The molecule has 3 aliphatic rings. The van der Waals surface area contributed by atoms with Crippen molar-refractivity contribution in [2.45, 2.75) is 48.8 Å². The highest BCUT2D eigenvalue weighted by atomic mass is 32.2. The summed E-state index contributed by atoms with van der Waals surface area (Å²) in [6.07, 6.45) is 5.98. The van der Waals surface area contributed by atoms with Crippen molar-refractivity contribution in [1.29, 1.82) is 0 Å². The van der Waals surface area contributed by atoms with Gasteiger partial charge in [0.05, 0.1) is 10.7 Å². The van der Waals surface area contributed by atoms with E-state index in [1.54, 1.807) is 6.07 Å². The Morgan fingerprint density at radius 2 is 2.23 bits per heavy atom. The zero-order valence-electron chi connectivity index (χ0n) is 16.6. The number of nitrogens with zero attached hydrogens (tertiary/aromatic N) is 1. The Bertz CT molecular complexity index is 1140. The molecule has 5 rings (SSSR count). The Balaban J connectivity index is 1.49. The van der Waals surface area contributed by atoms with Gasteiger partial charge in [-0.2, -0.15) is 0 Å². The third-order valence-corrected chi connectivity index (χ3v) is 6.91. The van der Waals surface area contributed by atoms with Crippen LogP contribution in [0.1, 0.15) is 48.4 Å². The van der Waals surface area contributed by atoms with Gasteiger partial charge in [0.25, 0.3) is 5.56 Å². The summed E-state index contributed by atoms with van der Waals surface area (Å²) in [4.78, 5) is 24.3. The maximum absolute atomic E-state index is 12.8. The van der Waals surface area contributed by atoms with Gasteiger partial charge in [0.1, 0.15) is 26.2 Å². The second-order valence-electron chi connectivity index (χ2n) is 8.29.